The molecular weight excluding hydrogens is 398 g/mol. The molecule has 1 aliphatic rings. The molecule has 3 heterocycles. The molecule has 6 nitrogen and oxygen atoms in total. The molecule has 32 heavy (non-hydrogen) atoms. The summed E-state index contributed by atoms with van der Waals surface area (Å²) in [5.41, 5.74) is 11.2. The van der Waals surface area contributed by atoms with Crippen molar-refractivity contribution >= 4 is 27.7 Å². The fourth-order valence-corrected chi connectivity index (χ4v) is 4.92. The Balaban J connectivity index is 1.32. The average Bonchev–Trinajstić information content (AvgIpc) is 3.37. The number of hydrogen-bond donors (Lipinski definition) is 2. The lowest BCUT2D eigenvalue weighted by atomic mass is 10.1. The number of aromatic amines is 1. The second-order valence-corrected chi connectivity index (χ2v) is 9.03. The quantitative estimate of drug-likeness (QED) is 0.420. The summed E-state index contributed by atoms with van der Waals surface area (Å²) in [6.45, 7) is 3.80. The first-order chi connectivity index (χ1) is 15.6. The number of H-pyrrole nitrogens is 1. The highest BCUT2D eigenvalue weighted by atomic mass is 16.1. The van der Waals surface area contributed by atoms with Crippen LogP contribution in [0.5, 0.6) is 0 Å². The first-order valence-electron chi connectivity index (χ1n) is 11.7. The van der Waals surface area contributed by atoms with E-state index < -0.39 is 5.91 Å². The molecule has 0 aliphatic carbocycles. The van der Waals surface area contributed by atoms with Crippen LogP contribution < -0.4 is 5.73 Å². The van der Waals surface area contributed by atoms with E-state index in [1.165, 1.54) is 62.7 Å². The lowest BCUT2D eigenvalue weighted by molar-refractivity contribution is 0.100. The molecule has 0 radical (unpaired) electrons. The number of fused-ring (bicyclic) bond motifs is 2. The largest absolute Gasteiger partial charge is 0.366 e. The van der Waals surface area contributed by atoms with Gasteiger partial charge in [-0.3, -0.25) is 9.48 Å². The molecular formula is C26H31N5O. The number of nitrogens with zero attached hydrogens (tertiary/aromatic N) is 3. The molecule has 1 aliphatic heterocycles. The minimum Gasteiger partial charge on any atom is -0.366 e. The number of nitrogens with one attached hydrogen (secondary N) is 1. The number of piperidine rings is 1. The monoisotopic (exact) mass is 429 g/mol. The molecule has 6 heteroatoms. The molecule has 3 N–H and O–H groups in total. The molecule has 2 aromatic heterocycles. The zero-order valence-electron chi connectivity index (χ0n) is 18.7. The van der Waals surface area contributed by atoms with Crippen molar-refractivity contribution in [2.75, 3.05) is 19.6 Å². The second kappa shape index (κ2) is 8.79. The predicted molar refractivity (Wildman–Crippen MR) is 130 cm³/mol. The van der Waals surface area contributed by atoms with Crippen LogP contribution in [0, 0.1) is 0 Å². The van der Waals surface area contributed by atoms with Crippen molar-refractivity contribution in [3.8, 4) is 11.4 Å². The van der Waals surface area contributed by atoms with Crippen LogP contribution >= 0.6 is 0 Å². The molecule has 0 atom stereocenters. The fourth-order valence-electron chi connectivity index (χ4n) is 4.92. The summed E-state index contributed by atoms with van der Waals surface area (Å²) < 4.78 is 1.80. The van der Waals surface area contributed by atoms with E-state index >= 15 is 0 Å². The molecule has 5 rings (SSSR count). The van der Waals surface area contributed by atoms with E-state index in [4.69, 9.17) is 10.8 Å². The SMILES string of the molecule is Cn1nc(-c2cc3cc(CCCCN4CCCCC4)ccc3[nH]2)c2ccc(C(N)=O)cc21. The number of primary amides is 1. The van der Waals surface area contributed by atoms with E-state index in [1.54, 1.807) is 16.8 Å². The molecule has 0 spiro atoms. The van der Waals surface area contributed by atoms with Gasteiger partial charge >= 0.3 is 0 Å². The van der Waals surface area contributed by atoms with E-state index in [9.17, 15) is 4.79 Å². The van der Waals surface area contributed by atoms with Gasteiger partial charge in [0.25, 0.3) is 0 Å². The van der Waals surface area contributed by atoms with Crippen molar-refractivity contribution in [1.29, 1.82) is 0 Å². The number of aryl methyl sites for hydroxylation is 2. The summed E-state index contributed by atoms with van der Waals surface area (Å²) in [7, 11) is 1.89. The number of unbranched alkanes of at least 4 members (excludes halogenated alkanes) is 1. The number of nitrogens with two attached hydrogens (primary N) is 1. The number of rotatable bonds is 7. The van der Waals surface area contributed by atoms with Gasteiger partial charge in [-0.1, -0.05) is 12.5 Å². The minimum absolute atomic E-state index is 0.427. The van der Waals surface area contributed by atoms with Gasteiger partial charge in [0.1, 0.15) is 5.69 Å². The predicted octanol–water partition coefficient (Wildman–Crippen LogP) is 4.63. The number of aromatic nitrogens is 3. The topological polar surface area (TPSA) is 79.9 Å². The normalized spacial score (nSPS) is 15.0. The molecule has 1 fully saturated rings. The standard InChI is InChI=1S/C26H31N5O/c1-30-24-17-19(26(27)32)9-10-21(24)25(29-30)23-16-20-15-18(8-11-22(20)28-23)7-3-6-14-31-12-4-2-5-13-31/h8-11,15-17,28H,2-7,12-14H2,1H3,(H2,27,32). The second-order valence-electron chi connectivity index (χ2n) is 9.03. The highest BCUT2D eigenvalue weighted by Gasteiger charge is 2.15. The van der Waals surface area contributed by atoms with Crippen LogP contribution in [0.3, 0.4) is 0 Å². The third kappa shape index (κ3) is 4.15. The maximum Gasteiger partial charge on any atom is 0.248 e. The van der Waals surface area contributed by atoms with Crippen LogP contribution in [-0.2, 0) is 13.5 Å². The lowest BCUT2D eigenvalue weighted by Crippen LogP contribution is -2.30. The summed E-state index contributed by atoms with van der Waals surface area (Å²) in [5.74, 6) is -0.427. The molecule has 1 saturated heterocycles. The molecule has 0 unspecified atom stereocenters. The molecule has 0 bridgehead atoms. The van der Waals surface area contributed by atoms with Gasteiger partial charge < -0.3 is 15.6 Å². The molecule has 2 aromatic carbocycles. The zero-order chi connectivity index (χ0) is 22.1. The summed E-state index contributed by atoms with van der Waals surface area (Å²) in [6, 6.07) is 14.4. The van der Waals surface area contributed by atoms with Gasteiger partial charge in [0.05, 0.1) is 11.2 Å². The van der Waals surface area contributed by atoms with E-state index in [0.717, 1.165) is 34.2 Å². The summed E-state index contributed by atoms with van der Waals surface area (Å²) in [4.78, 5) is 17.7. The Morgan fingerprint density at radius 2 is 1.91 bits per heavy atom. The first kappa shape index (κ1) is 20.8. The van der Waals surface area contributed by atoms with Gasteiger partial charge in [-0.15, -0.1) is 0 Å². The Morgan fingerprint density at radius 1 is 1.06 bits per heavy atom. The molecule has 0 saturated carbocycles. The van der Waals surface area contributed by atoms with Crippen molar-refractivity contribution in [1.82, 2.24) is 19.7 Å². The van der Waals surface area contributed by atoms with Gasteiger partial charge in [0, 0.05) is 28.9 Å². The van der Waals surface area contributed by atoms with Gasteiger partial charge in [-0.05, 0) is 93.7 Å². The first-order valence-corrected chi connectivity index (χ1v) is 11.7. The van der Waals surface area contributed by atoms with E-state index in [1.807, 2.05) is 13.1 Å². The van der Waals surface area contributed by atoms with E-state index in [2.05, 4.69) is 34.1 Å². The summed E-state index contributed by atoms with van der Waals surface area (Å²) in [6.07, 6.45) is 7.75. The average molecular weight is 430 g/mol. The van der Waals surface area contributed by atoms with Gasteiger partial charge in [0.2, 0.25) is 5.91 Å². The number of carbonyl (C=O) groups is 1. The fraction of sp³-hybridized carbons (Fsp3) is 0.385. The highest BCUT2D eigenvalue weighted by molar-refractivity contribution is 6.01. The number of likely N-dealkylation sites (tertiary alicyclic amines) is 1. The summed E-state index contributed by atoms with van der Waals surface area (Å²) in [5, 5.41) is 6.92. The molecule has 166 valence electrons. The van der Waals surface area contributed by atoms with Crippen LogP contribution in [0.25, 0.3) is 33.2 Å². The number of benzene rings is 2. The van der Waals surface area contributed by atoms with Crippen LogP contribution in [0.1, 0.15) is 48.0 Å². The zero-order valence-corrected chi connectivity index (χ0v) is 18.7. The Morgan fingerprint density at radius 3 is 2.72 bits per heavy atom. The van der Waals surface area contributed by atoms with E-state index in [0.29, 0.717) is 5.56 Å². The number of carbonyl (C=O) groups excluding carboxylic acids is 1. The maximum absolute atomic E-state index is 11.5. The third-order valence-electron chi connectivity index (χ3n) is 6.71. The maximum atomic E-state index is 11.5. The molecule has 1 amide bonds. The molecule has 4 aromatic rings. The Bertz CT molecular complexity index is 1260. The van der Waals surface area contributed by atoms with Crippen molar-refractivity contribution in [3.05, 3.63) is 53.6 Å². The Labute approximate surface area is 188 Å². The Kier molecular flexibility index (Phi) is 5.70. The van der Waals surface area contributed by atoms with Crippen LogP contribution in [-0.4, -0.2) is 45.2 Å². The number of hydrogen-bond acceptors (Lipinski definition) is 3. The summed E-state index contributed by atoms with van der Waals surface area (Å²) >= 11 is 0. The van der Waals surface area contributed by atoms with Crippen LogP contribution in [0.2, 0.25) is 0 Å². The van der Waals surface area contributed by atoms with Gasteiger partial charge in [0.15, 0.2) is 0 Å². The third-order valence-corrected chi connectivity index (χ3v) is 6.71. The van der Waals surface area contributed by atoms with Crippen LogP contribution in [0.4, 0.5) is 0 Å². The van der Waals surface area contributed by atoms with Crippen LogP contribution in [0.15, 0.2) is 42.5 Å². The lowest BCUT2D eigenvalue weighted by Gasteiger charge is -2.26. The Hall–Kier alpha value is -3.12. The van der Waals surface area contributed by atoms with Crippen molar-refractivity contribution in [3.63, 3.8) is 0 Å². The van der Waals surface area contributed by atoms with Crippen molar-refractivity contribution < 1.29 is 4.79 Å². The van der Waals surface area contributed by atoms with Gasteiger partial charge in [-0.25, -0.2) is 0 Å². The van der Waals surface area contributed by atoms with Crippen molar-refractivity contribution in [2.24, 2.45) is 12.8 Å². The highest BCUT2D eigenvalue weighted by Crippen LogP contribution is 2.30. The number of amides is 1. The smallest absolute Gasteiger partial charge is 0.248 e. The van der Waals surface area contributed by atoms with Gasteiger partial charge in [-0.2, -0.15) is 5.10 Å². The minimum atomic E-state index is -0.427. The van der Waals surface area contributed by atoms with E-state index in [-0.39, 0.29) is 0 Å². The van der Waals surface area contributed by atoms with Crippen molar-refractivity contribution in [2.45, 2.75) is 38.5 Å².